The van der Waals surface area contributed by atoms with Crippen LogP contribution in [0.3, 0.4) is 0 Å². The smallest absolute Gasteiger partial charge is 0.330 e. The zero-order valence-electron chi connectivity index (χ0n) is 10.5. The molecule has 0 bridgehead atoms. The van der Waals surface area contributed by atoms with Gasteiger partial charge in [0, 0.05) is 16.7 Å². The maximum atomic E-state index is 11.7. The van der Waals surface area contributed by atoms with E-state index >= 15 is 0 Å². The Bertz CT molecular complexity index is 661. The molecule has 4 atom stereocenters. The predicted molar refractivity (Wildman–Crippen MR) is 66.0 cm³/mol. The molecular formula is C10H13N5O5. The number of rotatable bonds is 3. The third-order valence-corrected chi connectivity index (χ3v) is 3.12. The maximum Gasteiger partial charge on any atom is 0.330 e. The minimum atomic E-state index is -1.31. The first-order chi connectivity index (χ1) is 9.49. The summed E-state index contributed by atoms with van der Waals surface area (Å²) in [6.45, 7) is 1.01. The molecule has 0 radical (unpaired) electrons. The number of aryl methyl sites for hydroxylation is 1. The lowest BCUT2D eigenvalue weighted by Gasteiger charge is -2.17. The summed E-state index contributed by atoms with van der Waals surface area (Å²) in [5, 5.41) is 22.6. The van der Waals surface area contributed by atoms with E-state index in [1.54, 1.807) is 0 Å². The van der Waals surface area contributed by atoms with Gasteiger partial charge in [-0.15, -0.1) is 0 Å². The summed E-state index contributed by atoms with van der Waals surface area (Å²) in [6.07, 6.45) is -2.15. The Morgan fingerprint density at radius 1 is 1.60 bits per heavy atom. The van der Waals surface area contributed by atoms with Gasteiger partial charge in [-0.25, -0.2) is 4.79 Å². The van der Waals surface area contributed by atoms with Crippen LogP contribution >= 0.6 is 0 Å². The summed E-state index contributed by atoms with van der Waals surface area (Å²) in [7, 11) is 0. The summed E-state index contributed by atoms with van der Waals surface area (Å²) >= 11 is 0. The van der Waals surface area contributed by atoms with E-state index in [1.807, 2.05) is 0 Å². The number of nitrogens with one attached hydrogen (secondary N) is 1. The predicted octanol–water partition coefficient (Wildman–Crippen LogP) is -1.23. The fourth-order valence-electron chi connectivity index (χ4n) is 2.09. The number of aliphatic hydroxyl groups is 2. The van der Waals surface area contributed by atoms with Gasteiger partial charge in [0.15, 0.2) is 6.23 Å². The zero-order valence-corrected chi connectivity index (χ0v) is 10.5. The van der Waals surface area contributed by atoms with Crippen LogP contribution in [-0.4, -0.2) is 44.6 Å². The molecule has 3 N–H and O–H groups in total. The van der Waals surface area contributed by atoms with E-state index in [0.717, 1.165) is 4.57 Å². The van der Waals surface area contributed by atoms with E-state index < -0.39 is 42.3 Å². The summed E-state index contributed by atoms with van der Waals surface area (Å²) in [4.78, 5) is 27.7. The van der Waals surface area contributed by atoms with E-state index in [9.17, 15) is 14.7 Å². The number of aromatic amines is 1. The number of nitrogens with zero attached hydrogens (tertiary/aromatic N) is 4. The molecule has 2 heterocycles. The van der Waals surface area contributed by atoms with Crippen LogP contribution in [0, 0.1) is 6.92 Å². The molecule has 2 rings (SSSR count). The van der Waals surface area contributed by atoms with E-state index in [2.05, 4.69) is 15.0 Å². The second-order valence-corrected chi connectivity index (χ2v) is 4.41. The lowest BCUT2D eigenvalue weighted by molar-refractivity contribution is -0.0532. The van der Waals surface area contributed by atoms with Crippen LogP contribution in [0.4, 0.5) is 0 Å². The molecule has 0 aliphatic carbocycles. The van der Waals surface area contributed by atoms with Gasteiger partial charge in [0.05, 0.1) is 18.8 Å². The molecule has 108 valence electrons. The van der Waals surface area contributed by atoms with Crippen molar-refractivity contribution in [1.82, 2.24) is 9.55 Å². The molecule has 0 aromatic carbocycles. The van der Waals surface area contributed by atoms with Gasteiger partial charge in [-0.3, -0.25) is 14.3 Å². The van der Waals surface area contributed by atoms with Crippen molar-refractivity contribution in [3.05, 3.63) is 43.0 Å². The Balaban J connectivity index is 2.44. The van der Waals surface area contributed by atoms with Gasteiger partial charge < -0.3 is 14.9 Å². The Morgan fingerprint density at radius 2 is 2.30 bits per heavy atom. The van der Waals surface area contributed by atoms with Crippen molar-refractivity contribution in [3.63, 3.8) is 0 Å². The summed E-state index contributed by atoms with van der Waals surface area (Å²) in [5.41, 5.74) is 7.40. The van der Waals surface area contributed by atoms with E-state index in [1.165, 1.54) is 13.1 Å². The van der Waals surface area contributed by atoms with Gasteiger partial charge in [-0.05, 0) is 12.5 Å². The van der Waals surface area contributed by atoms with Gasteiger partial charge in [0.2, 0.25) is 0 Å². The van der Waals surface area contributed by atoms with Crippen LogP contribution in [0.2, 0.25) is 0 Å². The van der Waals surface area contributed by atoms with Crippen molar-refractivity contribution in [2.45, 2.75) is 31.4 Å². The zero-order chi connectivity index (χ0) is 14.9. The monoisotopic (exact) mass is 283 g/mol. The van der Waals surface area contributed by atoms with Gasteiger partial charge in [-0.1, -0.05) is 5.11 Å². The molecule has 1 unspecified atom stereocenters. The van der Waals surface area contributed by atoms with Crippen LogP contribution < -0.4 is 11.2 Å². The second-order valence-electron chi connectivity index (χ2n) is 4.41. The highest BCUT2D eigenvalue weighted by Crippen LogP contribution is 2.30. The molecule has 0 saturated carbocycles. The van der Waals surface area contributed by atoms with Crippen molar-refractivity contribution >= 4 is 0 Å². The molecule has 0 spiro atoms. The number of hydrogen-bond donors (Lipinski definition) is 3. The van der Waals surface area contributed by atoms with E-state index in [-0.39, 0.29) is 5.56 Å². The Labute approximate surface area is 111 Å². The molecular weight excluding hydrogens is 270 g/mol. The minimum absolute atomic E-state index is 0.258. The van der Waals surface area contributed by atoms with Crippen molar-refractivity contribution in [2.75, 3.05) is 6.61 Å². The number of aromatic nitrogens is 2. The second kappa shape index (κ2) is 5.47. The van der Waals surface area contributed by atoms with E-state index in [4.69, 9.17) is 15.4 Å². The maximum absolute atomic E-state index is 11.7. The Morgan fingerprint density at radius 3 is 2.90 bits per heavy atom. The van der Waals surface area contributed by atoms with Crippen molar-refractivity contribution < 1.29 is 14.9 Å². The fraction of sp³-hybridized carbons (Fsp3) is 0.600. The Hall–Kier alpha value is -2.13. The van der Waals surface area contributed by atoms with Gasteiger partial charge in [-0.2, -0.15) is 0 Å². The first-order valence-electron chi connectivity index (χ1n) is 5.80. The van der Waals surface area contributed by atoms with Crippen molar-refractivity contribution in [2.24, 2.45) is 5.11 Å². The average Bonchev–Trinajstić information content (AvgIpc) is 2.72. The molecule has 0 amide bonds. The van der Waals surface area contributed by atoms with Crippen molar-refractivity contribution in [3.8, 4) is 0 Å². The highest BCUT2D eigenvalue weighted by molar-refractivity contribution is 5.04. The third-order valence-electron chi connectivity index (χ3n) is 3.12. The number of azide groups is 1. The quantitative estimate of drug-likeness (QED) is 0.360. The largest absolute Gasteiger partial charge is 0.394 e. The topological polar surface area (TPSA) is 153 Å². The summed E-state index contributed by atoms with van der Waals surface area (Å²) < 4.78 is 6.32. The van der Waals surface area contributed by atoms with Crippen LogP contribution in [0.5, 0.6) is 0 Å². The summed E-state index contributed by atoms with van der Waals surface area (Å²) in [6, 6.07) is -1.02. The highest BCUT2D eigenvalue weighted by Gasteiger charge is 2.44. The molecule has 1 aromatic rings. The molecule has 20 heavy (non-hydrogen) atoms. The van der Waals surface area contributed by atoms with Crippen LogP contribution in [0.15, 0.2) is 20.9 Å². The third kappa shape index (κ3) is 2.32. The lowest BCUT2D eigenvalue weighted by atomic mass is 10.1. The number of hydrogen-bond acceptors (Lipinski definition) is 6. The first-order valence-corrected chi connectivity index (χ1v) is 5.80. The minimum Gasteiger partial charge on any atom is -0.394 e. The SMILES string of the molecule is Cc1cn([C@@H]2O[C@H](CO)C(N=[N+]=[N-])[C@@H]2O)c(=O)[nH]c1=O. The Kier molecular flexibility index (Phi) is 3.91. The molecule has 1 aliphatic rings. The number of H-pyrrole nitrogens is 1. The highest BCUT2D eigenvalue weighted by atomic mass is 16.5. The van der Waals surface area contributed by atoms with Crippen LogP contribution in [0.25, 0.3) is 10.4 Å². The molecule has 10 heteroatoms. The first kappa shape index (κ1) is 14.3. The molecule has 10 nitrogen and oxygen atoms in total. The van der Waals surface area contributed by atoms with Gasteiger partial charge in [0.1, 0.15) is 6.10 Å². The number of aliphatic hydroxyl groups excluding tert-OH is 2. The molecule has 1 fully saturated rings. The lowest BCUT2D eigenvalue weighted by Crippen LogP contribution is -2.38. The fourth-order valence-corrected chi connectivity index (χ4v) is 2.09. The normalized spacial score (nSPS) is 29.1. The number of ether oxygens (including phenoxy) is 1. The van der Waals surface area contributed by atoms with Crippen LogP contribution in [0.1, 0.15) is 11.8 Å². The van der Waals surface area contributed by atoms with Crippen molar-refractivity contribution in [1.29, 1.82) is 0 Å². The standard InChI is InChI=1S/C10H13N5O5/c1-4-2-15(10(19)12-8(4)18)9-7(17)6(13-14-11)5(3-16)20-9/h2,5-7,9,16-17H,3H2,1H3,(H,12,18,19)/t5-,6?,7+,9-/m1/s1. The van der Waals surface area contributed by atoms with E-state index in [0.29, 0.717) is 0 Å². The summed E-state index contributed by atoms with van der Waals surface area (Å²) in [5.74, 6) is 0. The molecule has 1 saturated heterocycles. The molecule has 1 aliphatic heterocycles. The van der Waals surface area contributed by atoms with Gasteiger partial charge >= 0.3 is 5.69 Å². The average molecular weight is 283 g/mol. The van der Waals surface area contributed by atoms with Crippen LogP contribution in [-0.2, 0) is 4.74 Å². The molecule has 1 aromatic heterocycles. The van der Waals surface area contributed by atoms with Gasteiger partial charge in [0.25, 0.3) is 5.56 Å².